The lowest BCUT2D eigenvalue weighted by atomic mass is 9.91. The second kappa shape index (κ2) is 5.04. The van der Waals surface area contributed by atoms with Crippen LogP contribution in [0.5, 0.6) is 0 Å². The monoisotopic (exact) mass is 237 g/mol. The summed E-state index contributed by atoms with van der Waals surface area (Å²) in [7, 11) is 0. The van der Waals surface area contributed by atoms with Gasteiger partial charge >= 0.3 is 5.97 Å². The molecule has 0 aromatic rings. The van der Waals surface area contributed by atoms with Crippen LogP contribution in [-0.2, 0) is 9.53 Å². The molecule has 16 heavy (non-hydrogen) atoms. The predicted molar refractivity (Wildman–Crippen MR) is 49.4 cm³/mol. The summed E-state index contributed by atoms with van der Waals surface area (Å²) in [6.45, 7) is -0.617. The zero-order valence-corrected chi connectivity index (χ0v) is 8.30. The Morgan fingerprint density at radius 2 is 1.81 bits per heavy atom. The van der Waals surface area contributed by atoms with Gasteiger partial charge < -0.3 is 36.0 Å². The summed E-state index contributed by atoms with van der Waals surface area (Å²) < 4.78 is 4.94. The van der Waals surface area contributed by atoms with E-state index in [2.05, 4.69) is 0 Å². The molecule has 0 aliphatic carbocycles. The van der Waals surface area contributed by atoms with Gasteiger partial charge in [0.15, 0.2) is 0 Å². The summed E-state index contributed by atoms with van der Waals surface area (Å²) >= 11 is 0. The number of aliphatic hydroxyl groups is 4. The van der Waals surface area contributed by atoms with Gasteiger partial charge in [0.05, 0.1) is 6.61 Å². The molecule has 1 fully saturated rings. The molecule has 0 spiro atoms. The van der Waals surface area contributed by atoms with Crippen LogP contribution in [0.25, 0.3) is 0 Å². The summed E-state index contributed by atoms with van der Waals surface area (Å²) in [5.74, 6) is -1.41. The Morgan fingerprint density at radius 3 is 2.25 bits per heavy atom. The smallest absolute Gasteiger partial charge is 0.323 e. The molecule has 8 nitrogen and oxygen atoms in total. The fourth-order valence-corrected chi connectivity index (χ4v) is 1.57. The fraction of sp³-hybridized carbons (Fsp3) is 0.875. The average molecular weight is 237 g/mol. The van der Waals surface area contributed by atoms with Gasteiger partial charge in [0.2, 0.25) is 0 Å². The lowest BCUT2D eigenvalue weighted by Gasteiger charge is -2.41. The maximum absolute atomic E-state index is 10.6. The SMILES string of the molecule is N[C@H](C(=O)O)[C@@H]1O[C@H](CO)[C@@H](O)[C@H](O)[C@H]1O. The molecule has 0 aromatic heterocycles. The van der Waals surface area contributed by atoms with Crippen molar-refractivity contribution < 1.29 is 35.1 Å². The quantitative estimate of drug-likeness (QED) is 0.292. The van der Waals surface area contributed by atoms with Gasteiger partial charge in [-0.2, -0.15) is 0 Å². The van der Waals surface area contributed by atoms with E-state index in [0.717, 1.165) is 0 Å². The minimum Gasteiger partial charge on any atom is -0.480 e. The lowest BCUT2D eigenvalue weighted by Crippen LogP contribution is -2.64. The molecule has 0 amide bonds. The van der Waals surface area contributed by atoms with Crippen LogP contribution in [0.1, 0.15) is 0 Å². The number of nitrogens with two attached hydrogens (primary N) is 1. The van der Waals surface area contributed by atoms with Crippen LogP contribution in [0, 0.1) is 0 Å². The molecule has 0 saturated carbocycles. The number of hydrogen-bond acceptors (Lipinski definition) is 7. The van der Waals surface area contributed by atoms with Crippen LogP contribution in [0.3, 0.4) is 0 Å². The molecule has 1 saturated heterocycles. The van der Waals surface area contributed by atoms with Crippen LogP contribution in [0.4, 0.5) is 0 Å². The van der Waals surface area contributed by atoms with Crippen molar-refractivity contribution in [2.45, 2.75) is 36.6 Å². The first-order valence-electron chi connectivity index (χ1n) is 4.69. The minimum atomic E-state index is -1.62. The van der Waals surface area contributed by atoms with Crippen LogP contribution < -0.4 is 5.73 Å². The van der Waals surface area contributed by atoms with E-state index >= 15 is 0 Å². The van der Waals surface area contributed by atoms with E-state index in [1.54, 1.807) is 0 Å². The van der Waals surface area contributed by atoms with E-state index in [1.807, 2.05) is 0 Å². The Kier molecular flexibility index (Phi) is 4.19. The molecular weight excluding hydrogens is 222 g/mol. The van der Waals surface area contributed by atoms with E-state index in [0.29, 0.717) is 0 Å². The number of ether oxygens (including phenoxy) is 1. The average Bonchev–Trinajstić information content (AvgIpc) is 2.25. The molecule has 1 heterocycles. The number of carbonyl (C=O) groups is 1. The molecule has 6 atom stereocenters. The second-order valence-corrected chi connectivity index (χ2v) is 3.66. The van der Waals surface area contributed by atoms with Crippen LogP contribution in [-0.4, -0.2) is 74.7 Å². The summed E-state index contributed by atoms with van der Waals surface area (Å²) in [6.07, 6.45) is -7.27. The molecule has 94 valence electrons. The van der Waals surface area contributed by atoms with Gasteiger partial charge in [0, 0.05) is 0 Å². The minimum absolute atomic E-state index is 0.617. The van der Waals surface area contributed by atoms with Gasteiger partial charge in [0.1, 0.15) is 36.6 Å². The van der Waals surface area contributed by atoms with E-state index in [1.165, 1.54) is 0 Å². The number of aliphatic hydroxyl groups excluding tert-OH is 4. The fourth-order valence-electron chi connectivity index (χ4n) is 1.57. The van der Waals surface area contributed by atoms with Gasteiger partial charge in [-0.1, -0.05) is 0 Å². The normalized spacial score (nSPS) is 41.7. The van der Waals surface area contributed by atoms with Crippen molar-refractivity contribution in [2.75, 3.05) is 6.61 Å². The molecule has 1 aliphatic rings. The largest absolute Gasteiger partial charge is 0.480 e. The predicted octanol–water partition coefficient (Wildman–Crippen LogP) is -3.76. The molecule has 0 unspecified atom stereocenters. The highest BCUT2D eigenvalue weighted by Crippen LogP contribution is 2.22. The van der Waals surface area contributed by atoms with Gasteiger partial charge in [-0.3, -0.25) is 4.79 Å². The molecule has 1 rings (SSSR count). The van der Waals surface area contributed by atoms with E-state index in [9.17, 15) is 20.1 Å². The maximum Gasteiger partial charge on any atom is 0.323 e. The van der Waals surface area contributed by atoms with Crippen molar-refractivity contribution in [3.63, 3.8) is 0 Å². The van der Waals surface area contributed by atoms with Gasteiger partial charge in [0.25, 0.3) is 0 Å². The number of carboxylic acid groups (broad SMARTS) is 1. The zero-order chi connectivity index (χ0) is 12.5. The van der Waals surface area contributed by atoms with Crippen LogP contribution in [0.2, 0.25) is 0 Å². The number of aliphatic carboxylic acids is 1. The van der Waals surface area contributed by atoms with Crippen LogP contribution in [0.15, 0.2) is 0 Å². The molecule has 8 heteroatoms. The third kappa shape index (κ3) is 2.32. The Labute approximate surface area is 90.9 Å². The third-order valence-corrected chi connectivity index (χ3v) is 2.57. The summed E-state index contributed by atoms with van der Waals surface area (Å²) in [4.78, 5) is 10.6. The maximum atomic E-state index is 10.6. The van der Waals surface area contributed by atoms with Crippen molar-refractivity contribution in [2.24, 2.45) is 5.73 Å². The number of hydrogen-bond donors (Lipinski definition) is 6. The van der Waals surface area contributed by atoms with Gasteiger partial charge in [-0.05, 0) is 0 Å². The first-order valence-corrected chi connectivity index (χ1v) is 4.69. The number of rotatable bonds is 3. The molecule has 0 bridgehead atoms. The van der Waals surface area contributed by atoms with E-state index in [-0.39, 0.29) is 0 Å². The highest BCUT2D eigenvalue weighted by Gasteiger charge is 2.47. The van der Waals surface area contributed by atoms with Crippen LogP contribution >= 0.6 is 0 Å². The van der Waals surface area contributed by atoms with E-state index in [4.69, 9.17) is 20.7 Å². The lowest BCUT2D eigenvalue weighted by molar-refractivity contribution is -0.234. The summed E-state index contributed by atoms with van der Waals surface area (Å²) in [5.41, 5.74) is 5.25. The summed E-state index contributed by atoms with van der Waals surface area (Å²) in [6, 6.07) is -1.55. The molecule has 7 N–H and O–H groups in total. The first kappa shape index (κ1) is 13.3. The van der Waals surface area contributed by atoms with Crippen molar-refractivity contribution in [3.8, 4) is 0 Å². The van der Waals surface area contributed by atoms with Crippen molar-refractivity contribution in [1.82, 2.24) is 0 Å². The Balaban J connectivity index is 2.82. The molecule has 0 radical (unpaired) electrons. The Hall–Kier alpha value is -0.770. The van der Waals surface area contributed by atoms with E-state index < -0.39 is 49.1 Å². The van der Waals surface area contributed by atoms with Crippen molar-refractivity contribution in [3.05, 3.63) is 0 Å². The summed E-state index contributed by atoms with van der Waals surface area (Å²) in [5, 5.41) is 45.7. The van der Waals surface area contributed by atoms with Crippen molar-refractivity contribution >= 4 is 5.97 Å². The first-order chi connectivity index (χ1) is 7.40. The third-order valence-electron chi connectivity index (χ3n) is 2.57. The standard InChI is InChI=1S/C8H15NO7/c9-3(8(14)15)7-6(13)5(12)4(11)2(1-10)16-7/h2-7,10-13H,1,9H2,(H,14,15)/t2-,3+,4-,5+,6-,7+/m1/s1. The second-order valence-electron chi connectivity index (χ2n) is 3.66. The Morgan fingerprint density at radius 1 is 1.25 bits per heavy atom. The van der Waals surface area contributed by atoms with Gasteiger partial charge in [-0.15, -0.1) is 0 Å². The topological polar surface area (TPSA) is 153 Å². The van der Waals surface area contributed by atoms with Gasteiger partial charge in [-0.25, -0.2) is 0 Å². The Bertz CT molecular complexity index is 259. The molecule has 1 aliphatic heterocycles. The molecule has 0 aromatic carbocycles. The zero-order valence-electron chi connectivity index (χ0n) is 8.30. The highest BCUT2D eigenvalue weighted by molar-refractivity contribution is 5.74. The highest BCUT2D eigenvalue weighted by atomic mass is 16.5. The number of carboxylic acids is 1. The molecular formula is C8H15NO7. The van der Waals surface area contributed by atoms with Crippen molar-refractivity contribution in [1.29, 1.82) is 0 Å².